The van der Waals surface area contributed by atoms with Gasteiger partial charge in [0.15, 0.2) is 0 Å². The van der Waals surface area contributed by atoms with Crippen LogP contribution in [0.5, 0.6) is 0 Å². The summed E-state index contributed by atoms with van der Waals surface area (Å²) in [6.07, 6.45) is 1.03. The van der Waals surface area contributed by atoms with E-state index in [1.165, 1.54) is 0 Å². The van der Waals surface area contributed by atoms with Gasteiger partial charge in [-0.15, -0.1) is 37.2 Å². The lowest BCUT2D eigenvalue weighted by Crippen LogP contribution is -2.38. The summed E-state index contributed by atoms with van der Waals surface area (Å²) in [7, 11) is 0. The number of rotatable bonds is 6. The Kier molecular flexibility index (Phi) is 11.5. The zero-order valence-electron chi connectivity index (χ0n) is 17.1. The van der Waals surface area contributed by atoms with Crippen LogP contribution in [0.3, 0.4) is 0 Å². The van der Waals surface area contributed by atoms with Crippen molar-refractivity contribution in [2.75, 3.05) is 36.0 Å². The van der Waals surface area contributed by atoms with Crippen LogP contribution in [-0.2, 0) is 0 Å². The van der Waals surface area contributed by atoms with Gasteiger partial charge in [-0.1, -0.05) is 12.1 Å². The molecular formula is C21H31Cl3N4O2. The lowest BCUT2D eigenvalue weighted by molar-refractivity contribution is 0.0437. The smallest absolute Gasteiger partial charge is 0.255 e. The largest absolute Gasteiger partial charge is 0.397 e. The molecule has 0 radical (unpaired) electrons. The number of para-hydroxylation sites is 2. The molecule has 9 heteroatoms. The zero-order chi connectivity index (χ0) is 19.4. The number of nitrogens with one attached hydrogen (secondary N) is 2. The molecule has 0 spiro atoms. The fourth-order valence-electron chi connectivity index (χ4n) is 3.40. The van der Waals surface area contributed by atoms with Gasteiger partial charge in [-0.25, -0.2) is 0 Å². The molecule has 0 bridgehead atoms. The molecule has 1 amide bonds. The van der Waals surface area contributed by atoms with Crippen LogP contribution < -0.4 is 16.4 Å². The molecule has 1 aliphatic heterocycles. The minimum absolute atomic E-state index is 0. The number of benzene rings is 2. The van der Waals surface area contributed by atoms with Gasteiger partial charge < -0.3 is 21.5 Å². The Morgan fingerprint density at radius 2 is 1.77 bits per heavy atom. The molecule has 1 saturated heterocycles. The van der Waals surface area contributed by atoms with Gasteiger partial charge in [0.05, 0.1) is 17.0 Å². The van der Waals surface area contributed by atoms with Crippen molar-refractivity contribution in [1.82, 2.24) is 4.90 Å². The molecule has 30 heavy (non-hydrogen) atoms. The summed E-state index contributed by atoms with van der Waals surface area (Å²) in [5.41, 5.74) is 7.92. The van der Waals surface area contributed by atoms with Gasteiger partial charge in [0.1, 0.15) is 0 Å². The van der Waals surface area contributed by atoms with Gasteiger partial charge in [0.25, 0.3) is 5.91 Å². The summed E-state index contributed by atoms with van der Waals surface area (Å²) in [6.45, 7) is 6.22. The van der Waals surface area contributed by atoms with Gasteiger partial charge in [0, 0.05) is 36.9 Å². The molecule has 1 unspecified atom stereocenters. The van der Waals surface area contributed by atoms with Crippen LogP contribution in [0, 0.1) is 0 Å². The average molecular weight is 478 g/mol. The summed E-state index contributed by atoms with van der Waals surface area (Å²) < 4.78 is 0. The number of hydrogen-bond acceptors (Lipinski definition) is 5. The van der Waals surface area contributed by atoms with E-state index in [9.17, 15) is 9.90 Å². The van der Waals surface area contributed by atoms with E-state index in [1.54, 1.807) is 24.3 Å². The van der Waals surface area contributed by atoms with Crippen molar-refractivity contribution in [1.29, 1.82) is 0 Å². The highest BCUT2D eigenvalue weighted by Crippen LogP contribution is 2.20. The number of nitrogens with zero attached hydrogens (tertiary/aromatic N) is 1. The second-order valence-corrected chi connectivity index (χ2v) is 7.80. The highest BCUT2D eigenvalue weighted by atomic mass is 35.5. The maximum Gasteiger partial charge on any atom is 0.255 e. The Balaban J connectivity index is 0.00000280. The van der Waals surface area contributed by atoms with Crippen LogP contribution >= 0.6 is 37.2 Å². The number of aliphatic hydroxyl groups is 1. The van der Waals surface area contributed by atoms with Crippen LogP contribution in [0.2, 0.25) is 0 Å². The second kappa shape index (κ2) is 12.2. The lowest BCUT2D eigenvalue weighted by Gasteiger charge is -2.25. The number of halogens is 3. The summed E-state index contributed by atoms with van der Waals surface area (Å²) in [4.78, 5) is 14.6. The predicted octanol–water partition coefficient (Wildman–Crippen LogP) is 4.04. The van der Waals surface area contributed by atoms with E-state index in [4.69, 9.17) is 5.73 Å². The second-order valence-electron chi connectivity index (χ2n) is 7.80. The minimum Gasteiger partial charge on any atom is -0.397 e. The molecule has 0 aromatic heterocycles. The molecule has 2 aromatic carbocycles. The van der Waals surface area contributed by atoms with Gasteiger partial charge in [-0.3, -0.25) is 9.69 Å². The third-order valence-corrected chi connectivity index (χ3v) is 4.61. The van der Waals surface area contributed by atoms with Crippen molar-refractivity contribution >= 4 is 60.2 Å². The molecule has 0 aliphatic carbocycles. The number of carbonyl (C=O) groups excluding carboxylic acids is 1. The monoisotopic (exact) mass is 476 g/mol. The van der Waals surface area contributed by atoms with Gasteiger partial charge >= 0.3 is 0 Å². The Morgan fingerprint density at radius 3 is 2.37 bits per heavy atom. The van der Waals surface area contributed by atoms with Gasteiger partial charge in [-0.2, -0.15) is 0 Å². The molecule has 1 heterocycles. The Hall–Kier alpha value is -1.70. The lowest BCUT2D eigenvalue weighted by atomic mass is 10.1. The number of nitrogen functional groups attached to an aromatic ring is 1. The fourth-order valence-corrected chi connectivity index (χ4v) is 3.40. The number of anilines is 3. The third kappa shape index (κ3) is 8.20. The van der Waals surface area contributed by atoms with E-state index >= 15 is 0 Å². The molecular weight excluding hydrogens is 447 g/mol. The van der Waals surface area contributed by atoms with Crippen molar-refractivity contribution < 1.29 is 9.90 Å². The number of likely N-dealkylation sites (tertiary alicyclic amines) is 1. The highest BCUT2D eigenvalue weighted by Gasteiger charge is 2.26. The maximum atomic E-state index is 12.4. The van der Waals surface area contributed by atoms with Crippen LogP contribution in [0.15, 0.2) is 48.5 Å². The molecule has 2 aromatic rings. The Morgan fingerprint density at radius 1 is 1.13 bits per heavy atom. The molecule has 3 rings (SSSR count). The topological polar surface area (TPSA) is 90.6 Å². The van der Waals surface area contributed by atoms with Crippen molar-refractivity contribution in [3.8, 4) is 0 Å². The van der Waals surface area contributed by atoms with Crippen LogP contribution in [0.1, 0.15) is 30.6 Å². The number of carbonyl (C=O) groups is 1. The molecule has 1 aliphatic rings. The van der Waals surface area contributed by atoms with Crippen molar-refractivity contribution in [2.45, 2.75) is 31.9 Å². The van der Waals surface area contributed by atoms with E-state index < -0.39 is 5.60 Å². The van der Waals surface area contributed by atoms with E-state index in [1.807, 2.05) is 38.1 Å². The number of β-amino-alcohol motifs (C(OH)–C–C–N with tert-alkyl or cyclic N) is 1. The summed E-state index contributed by atoms with van der Waals surface area (Å²) in [5.74, 6) is -0.184. The molecule has 5 N–H and O–H groups in total. The molecule has 168 valence electrons. The van der Waals surface area contributed by atoms with Crippen LogP contribution in [0.25, 0.3) is 0 Å². The fraction of sp³-hybridized carbons (Fsp3) is 0.381. The van der Waals surface area contributed by atoms with Gasteiger partial charge in [0.2, 0.25) is 0 Å². The maximum absolute atomic E-state index is 12.4. The standard InChI is InChI=1S/C21H28N4O2.3ClH/c1-21(2,27)14-25-12-11-17(13-25)23-16-9-7-15(8-10-16)20(26)24-19-6-4-3-5-18(19)22;;;/h3-10,17,23,27H,11-14,22H2,1-2H3,(H,24,26);3*1H. The number of amides is 1. The zero-order valence-corrected chi connectivity index (χ0v) is 19.6. The van der Waals surface area contributed by atoms with E-state index in [-0.39, 0.29) is 43.1 Å². The predicted molar refractivity (Wildman–Crippen MR) is 132 cm³/mol. The molecule has 6 nitrogen and oxygen atoms in total. The third-order valence-electron chi connectivity index (χ3n) is 4.61. The molecule has 0 saturated carbocycles. The van der Waals surface area contributed by atoms with E-state index in [0.29, 0.717) is 29.5 Å². The van der Waals surface area contributed by atoms with Crippen molar-refractivity contribution in [2.24, 2.45) is 0 Å². The quantitative estimate of drug-likeness (QED) is 0.471. The SMILES string of the molecule is CC(C)(O)CN1CCC(Nc2ccc(C(=O)Nc3ccccc3N)cc2)C1.Cl.Cl.Cl. The van der Waals surface area contributed by atoms with E-state index in [0.717, 1.165) is 25.2 Å². The highest BCUT2D eigenvalue weighted by molar-refractivity contribution is 6.05. The summed E-state index contributed by atoms with van der Waals surface area (Å²) >= 11 is 0. The average Bonchev–Trinajstić information content (AvgIpc) is 3.02. The van der Waals surface area contributed by atoms with Crippen LogP contribution in [-0.4, -0.2) is 47.2 Å². The first-order valence-corrected chi connectivity index (χ1v) is 9.27. The summed E-state index contributed by atoms with van der Waals surface area (Å²) in [5, 5.41) is 16.3. The molecule has 1 atom stereocenters. The minimum atomic E-state index is -0.675. The van der Waals surface area contributed by atoms with Crippen molar-refractivity contribution in [3.63, 3.8) is 0 Å². The first-order chi connectivity index (χ1) is 12.8. The Bertz CT molecular complexity index is 798. The normalized spacial score (nSPS) is 15.9. The number of hydrogen-bond donors (Lipinski definition) is 4. The summed E-state index contributed by atoms with van der Waals surface area (Å²) in [6, 6.07) is 15.0. The number of nitrogens with two attached hydrogens (primary N) is 1. The molecule has 1 fully saturated rings. The van der Waals surface area contributed by atoms with E-state index in [2.05, 4.69) is 15.5 Å². The van der Waals surface area contributed by atoms with Crippen molar-refractivity contribution in [3.05, 3.63) is 54.1 Å². The first-order valence-electron chi connectivity index (χ1n) is 9.27. The van der Waals surface area contributed by atoms with Gasteiger partial charge in [-0.05, 0) is 56.7 Å². The Labute approximate surface area is 196 Å². The van der Waals surface area contributed by atoms with Crippen LogP contribution in [0.4, 0.5) is 17.1 Å². The first kappa shape index (κ1) is 28.3.